The van der Waals surface area contributed by atoms with Crippen LogP contribution in [0.3, 0.4) is 0 Å². The van der Waals surface area contributed by atoms with Crippen molar-refractivity contribution in [2.24, 2.45) is 0 Å². The van der Waals surface area contributed by atoms with Gasteiger partial charge in [0.15, 0.2) is 5.58 Å². The molecule has 0 atom stereocenters. The largest absolute Gasteiger partial charge is 0.454 e. The lowest BCUT2D eigenvalue weighted by Gasteiger charge is -2.06. The molecular formula is C24H15ClO. The van der Waals surface area contributed by atoms with Crippen molar-refractivity contribution in [2.75, 3.05) is 0 Å². The molecular weight excluding hydrogens is 340 g/mol. The Morgan fingerprint density at radius 3 is 2.08 bits per heavy atom. The Balaban J connectivity index is 1.70. The van der Waals surface area contributed by atoms with Gasteiger partial charge in [0.25, 0.3) is 0 Å². The molecule has 0 saturated carbocycles. The maximum absolute atomic E-state index is 6.32. The first-order chi connectivity index (χ1) is 12.8. The molecule has 0 saturated heterocycles. The number of fused-ring (bicyclic) bond motifs is 3. The lowest BCUT2D eigenvalue weighted by Crippen LogP contribution is -1.81. The van der Waals surface area contributed by atoms with Crippen LogP contribution in [-0.4, -0.2) is 0 Å². The minimum atomic E-state index is 0.643. The van der Waals surface area contributed by atoms with Crippen molar-refractivity contribution in [1.82, 2.24) is 0 Å². The molecule has 5 aromatic rings. The van der Waals surface area contributed by atoms with Gasteiger partial charge in [-0.1, -0.05) is 90.5 Å². The maximum atomic E-state index is 6.32. The molecule has 0 aliphatic heterocycles. The molecule has 0 aliphatic carbocycles. The van der Waals surface area contributed by atoms with Crippen LogP contribution in [-0.2, 0) is 0 Å². The van der Waals surface area contributed by atoms with E-state index in [1.54, 1.807) is 0 Å². The smallest absolute Gasteiger partial charge is 0.154 e. The van der Waals surface area contributed by atoms with E-state index in [-0.39, 0.29) is 0 Å². The van der Waals surface area contributed by atoms with E-state index in [9.17, 15) is 0 Å². The van der Waals surface area contributed by atoms with E-state index in [1.807, 2.05) is 30.3 Å². The number of hydrogen-bond donors (Lipinski definition) is 0. The molecule has 0 bridgehead atoms. The Bertz CT molecular complexity index is 1220. The molecule has 1 aromatic heterocycles. The zero-order chi connectivity index (χ0) is 17.5. The first kappa shape index (κ1) is 15.2. The summed E-state index contributed by atoms with van der Waals surface area (Å²) in [6.45, 7) is 0. The number of halogens is 1. The SMILES string of the molecule is Clc1cccc2c1oc1cccc(-c3ccc(-c4ccccc4)cc3)c12. The zero-order valence-corrected chi connectivity index (χ0v) is 14.7. The molecule has 0 N–H and O–H groups in total. The monoisotopic (exact) mass is 354 g/mol. The van der Waals surface area contributed by atoms with Crippen LogP contribution < -0.4 is 0 Å². The molecule has 26 heavy (non-hydrogen) atoms. The first-order valence-corrected chi connectivity index (χ1v) is 8.95. The summed E-state index contributed by atoms with van der Waals surface area (Å²) in [4.78, 5) is 0. The van der Waals surface area contributed by atoms with E-state index in [0.717, 1.165) is 33.1 Å². The minimum absolute atomic E-state index is 0.643. The summed E-state index contributed by atoms with van der Waals surface area (Å²) >= 11 is 6.32. The van der Waals surface area contributed by atoms with E-state index in [0.29, 0.717) is 5.02 Å². The number of para-hydroxylation sites is 1. The highest BCUT2D eigenvalue weighted by Crippen LogP contribution is 2.39. The predicted octanol–water partition coefficient (Wildman–Crippen LogP) is 7.57. The fourth-order valence-electron chi connectivity index (χ4n) is 3.53. The van der Waals surface area contributed by atoms with Crippen molar-refractivity contribution < 1.29 is 4.42 Å². The van der Waals surface area contributed by atoms with Gasteiger partial charge in [-0.3, -0.25) is 0 Å². The van der Waals surface area contributed by atoms with Crippen LogP contribution >= 0.6 is 11.6 Å². The van der Waals surface area contributed by atoms with Crippen LogP contribution in [0, 0.1) is 0 Å². The van der Waals surface area contributed by atoms with Crippen molar-refractivity contribution in [3.8, 4) is 22.3 Å². The summed E-state index contributed by atoms with van der Waals surface area (Å²) in [7, 11) is 0. The van der Waals surface area contributed by atoms with Gasteiger partial charge in [-0.05, 0) is 34.4 Å². The van der Waals surface area contributed by atoms with Gasteiger partial charge in [0.05, 0.1) is 5.02 Å². The number of hydrogen-bond acceptors (Lipinski definition) is 1. The zero-order valence-electron chi connectivity index (χ0n) is 13.9. The molecule has 0 unspecified atom stereocenters. The van der Waals surface area contributed by atoms with Crippen LogP contribution in [0.2, 0.25) is 5.02 Å². The Morgan fingerprint density at radius 1 is 0.577 bits per heavy atom. The van der Waals surface area contributed by atoms with Crippen molar-refractivity contribution in [1.29, 1.82) is 0 Å². The third-order valence-corrected chi connectivity index (χ3v) is 5.08. The van der Waals surface area contributed by atoms with Crippen LogP contribution in [0.5, 0.6) is 0 Å². The number of rotatable bonds is 2. The molecule has 0 amide bonds. The maximum Gasteiger partial charge on any atom is 0.154 e. The number of benzene rings is 4. The average molecular weight is 355 g/mol. The fourth-order valence-corrected chi connectivity index (χ4v) is 3.74. The van der Waals surface area contributed by atoms with Gasteiger partial charge in [-0.2, -0.15) is 0 Å². The number of furan rings is 1. The van der Waals surface area contributed by atoms with Crippen LogP contribution in [0.15, 0.2) is 95.4 Å². The second-order valence-electron chi connectivity index (χ2n) is 6.34. The van der Waals surface area contributed by atoms with E-state index >= 15 is 0 Å². The molecule has 1 nitrogen and oxygen atoms in total. The van der Waals surface area contributed by atoms with Gasteiger partial charge >= 0.3 is 0 Å². The highest BCUT2D eigenvalue weighted by molar-refractivity contribution is 6.36. The van der Waals surface area contributed by atoms with Crippen molar-refractivity contribution in [3.63, 3.8) is 0 Å². The standard InChI is InChI=1S/C24H15ClO/c25-21-10-4-9-20-23-19(8-5-11-22(23)26-24(20)21)18-14-12-17(13-15-18)16-6-2-1-3-7-16/h1-15H. The van der Waals surface area contributed by atoms with E-state index in [2.05, 4.69) is 60.7 Å². The second-order valence-corrected chi connectivity index (χ2v) is 6.75. The van der Waals surface area contributed by atoms with Gasteiger partial charge in [-0.25, -0.2) is 0 Å². The van der Waals surface area contributed by atoms with Crippen molar-refractivity contribution in [2.45, 2.75) is 0 Å². The van der Waals surface area contributed by atoms with E-state index < -0.39 is 0 Å². The first-order valence-electron chi connectivity index (χ1n) is 8.57. The van der Waals surface area contributed by atoms with Crippen LogP contribution in [0.25, 0.3) is 44.2 Å². The third-order valence-electron chi connectivity index (χ3n) is 4.78. The average Bonchev–Trinajstić information content (AvgIpc) is 3.09. The molecule has 4 aromatic carbocycles. The van der Waals surface area contributed by atoms with Gasteiger partial charge < -0.3 is 4.42 Å². The lowest BCUT2D eigenvalue weighted by atomic mass is 9.97. The molecule has 1 heterocycles. The topological polar surface area (TPSA) is 13.1 Å². The highest BCUT2D eigenvalue weighted by Gasteiger charge is 2.14. The van der Waals surface area contributed by atoms with Crippen molar-refractivity contribution >= 4 is 33.5 Å². The Morgan fingerprint density at radius 2 is 1.27 bits per heavy atom. The normalized spacial score (nSPS) is 11.3. The van der Waals surface area contributed by atoms with Gasteiger partial charge in [0, 0.05) is 10.8 Å². The molecule has 5 rings (SSSR count). The summed E-state index contributed by atoms with van der Waals surface area (Å²) in [6.07, 6.45) is 0. The van der Waals surface area contributed by atoms with Gasteiger partial charge in [0.2, 0.25) is 0 Å². The molecule has 0 aliphatic rings. The molecule has 124 valence electrons. The Labute approximate surface area is 156 Å². The molecule has 0 radical (unpaired) electrons. The van der Waals surface area contributed by atoms with Crippen molar-refractivity contribution in [3.05, 3.63) is 96.0 Å². The van der Waals surface area contributed by atoms with Gasteiger partial charge in [0.1, 0.15) is 5.58 Å². The summed E-state index contributed by atoms with van der Waals surface area (Å²) < 4.78 is 6.01. The molecule has 0 spiro atoms. The predicted molar refractivity (Wildman–Crippen MR) is 110 cm³/mol. The Kier molecular flexibility index (Phi) is 3.55. The van der Waals surface area contributed by atoms with Gasteiger partial charge in [-0.15, -0.1) is 0 Å². The minimum Gasteiger partial charge on any atom is -0.454 e. The van der Waals surface area contributed by atoms with Crippen LogP contribution in [0.4, 0.5) is 0 Å². The Hall–Kier alpha value is -3.03. The molecule has 0 fully saturated rings. The summed E-state index contributed by atoms with van der Waals surface area (Å²) in [6, 6.07) is 31.1. The summed E-state index contributed by atoms with van der Waals surface area (Å²) in [5, 5.41) is 2.80. The second kappa shape index (κ2) is 6.05. The summed E-state index contributed by atoms with van der Waals surface area (Å²) in [5.41, 5.74) is 6.36. The lowest BCUT2D eigenvalue weighted by molar-refractivity contribution is 0.669. The fraction of sp³-hybridized carbons (Fsp3) is 0. The molecule has 2 heteroatoms. The van der Waals surface area contributed by atoms with E-state index in [1.165, 1.54) is 11.1 Å². The third kappa shape index (κ3) is 2.40. The van der Waals surface area contributed by atoms with Crippen LogP contribution in [0.1, 0.15) is 0 Å². The highest BCUT2D eigenvalue weighted by atomic mass is 35.5. The summed E-state index contributed by atoms with van der Waals surface area (Å²) in [5.74, 6) is 0. The van der Waals surface area contributed by atoms with E-state index in [4.69, 9.17) is 16.0 Å². The quantitative estimate of drug-likeness (QED) is 0.318.